The first-order valence-electron chi connectivity index (χ1n) is 6.61. The van der Waals surface area contributed by atoms with Crippen LogP contribution in [0.3, 0.4) is 0 Å². The van der Waals surface area contributed by atoms with Crippen molar-refractivity contribution in [3.63, 3.8) is 0 Å². The second kappa shape index (κ2) is 7.95. The molecule has 2 heterocycles. The van der Waals surface area contributed by atoms with Crippen molar-refractivity contribution in [2.45, 2.75) is 25.3 Å². The van der Waals surface area contributed by atoms with Crippen LogP contribution in [0.2, 0.25) is 0 Å². The molecule has 0 fully saturated rings. The third kappa shape index (κ3) is 4.99. The molecule has 0 aliphatic heterocycles. The molecule has 1 amide bonds. The van der Waals surface area contributed by atoms with Crippen LogP contribution in [0.15, 0.2) is 35.0 Å². The third-order valence-corrected chi connectivity index (χ3v) is 4.92. The van der Waals surface area contributed by atoms with Crippen LogP contribution in [0.1, 0.15) is 28.6 Å². The highest BCUT2D eigenvalue weighted by atomic mass is 32.1. The fraction of sp³-hybridized carbons (Fsp3) is 0.333. The third-order valence-electron chi connectivity index (χ3n) is 3.00. The zero-order chi connectivity index (χ0) is 15.1. The van der Waals surface area contributed by atoms with Crippen LogP contribution in [-0.2, 0) is 20.7 Å². The van der Waals surface area contributed by atoms with Gasteiger partial charge in [-0.1, -0.05) is 12.1 Å². The van der Waals surface area contributed by atoms with E-state index in [1.54, 1.807) is 11.3 Å². The number of hydrogen-bond acceptors (Lipinski definition) is 5. The van der Waals surface area contributed by atoms with Crippen molar-refractivity contribution in [1.82, 2.24) is 5.32 Å². The number of ether oxygens (including phenoxy) is 1. The predicted octanol–water partition coefficient (Wildman–Crippen LogP) is 3.16. The van der Waals surface area contributed by atoms with Crippen LogP contribution in [0.4, 0.5) is 0 Å². The topological polar surface area (TPSA) is 55.4 Å². The Morgan fingerprint density at radius 2 is 2.00 bits per heavy atom. The van der Waals surface area contributed by atoms with Crippen LogP contribution < -0.4 is 5.32 Å². The first-order valence-corrected chi connectivity index (χ1v) is 8.37. The van der Waals surface area contributed by atoms with Crippen molar-refractivity contribution in [1.29, 1.82) is 0 Å². The molecule has 0 radical (unpaired) electrons. The maximum atomic E-state index is 12.1. The highest BCUT2D eigenvalue weighted by molar-refractivity contribution is 7.10. The largest absolute Gasteiger partial charge is 0.469 e. The molecule has 0 saturated heterocycles. The Morgan fingerprint density at radius 3 is 2.62 bits per heavy atom. The molecule has 112 valence electrons. The van der Waals surface area contributed by atoms with E-state index in [1.165, 1.54) is 23.3 Å². The number of thiophene rings is 2. The van der Waals surface area contributed by atoms with Gasteiger partial charge in [0.2, 0.25) is 5.91 Å². The summed E-state index contributed by atoms with van der Waals surface area (Å²) in [7, 11) is 1.35. The number of aryl methyl sites for hydroxylation is 1. The van der Waals surface area contributed by atoms with Gasteiger partial charge in [0, 0.05) is 16.2 Å². The number of hydrogen-bond donors (Lipinski definition) is 1. The highest BCUT2D eigenvalue weighted by Crippen LogP contribution is 2.22. The SMILES string of the molecule is COC(=O)CC(NC(=O)CCc1cccs1)c1cccs1. The van der Waals surface area contributed by atoms with Gasteiger partial charge in [-0.15, -0.1) is 22.7 Å². The van der Waals surface area contributed by atoms with E-state index in [0.717, 1.165) is 11.3 Å². The summed E-state index contributed by atoms with van der Waals surface area (Å²) in [6.45, 7) is 0. The molecular weight excluding hydrogens is 306 g/mol. The Kier molecular flexibility index (Phi) is 5.95. The van der Waals surface area contributed by atoms with Gasteiger partial charge in [-0.2, -0.15) is 0 Å². The van der Waals surface area contributed by atoms with Gasteiger partial charge in [-0.25, -0.2) is 0 Å². The molecule has 4 nitrogen and oxygen atoms in total. The average molecular weight is 323 g/mol. The van der Waals surface area contributed by atoms with Crippen molar-refractivity contribution >= 4 is 34.6 Å². The lowest BCUT2D eigenvalue weighted by Gasteiger charge is -2.16. The smallest absolute Gasteiger partial charge is 0.307 e. The molecule has 0 aliphatic carbocycles. The summed E-state index contributed by atoms with van der Waals surface area (Å²) in [6, 6.07) is 7.50. The van der Waals surface area contributed by atoms with Gasteiger partial charge in [0.05, 0.1) is 19.6 Å². The number of amides is 1. The summed E-state index contributed by atoms with van der Waals surface area (Å²) in [4.78, 5) is 25.7. The van der Waals surface area contributed by atoms with Crippen LogP contribution >= 0.6 is 22.7 Å². The minimum absolute atomic E-state index is 0.0503. The molecular formula is C15H17NO3S2. The van der Waals surface area contributed by atoms with Crippen molar-refractivity contribution in [2.24, 2.45) is 0 Å². The van der Waals surface area contributed by atoms with E-state index in [-0.39, 0.29) is 24.3 Å². The van der Waals surface area contributed by atoms with E-state index in [1.807, 2.05) is 35.0 Å². The van der Waals surface area contributed by atoms with Gasteiger partial charge in [0.1, 0.15) is 0 Å². The maximum Gasteiger partial charge on any atom is 0.307 e. The monoisotopic (exact) mass is 323 g/mol. The van der Waals surface area contributed by atoms with E-state index in [0.29, 0.717) is 6.42 Å². The zero-order valence-electron chi connectivity index (χ0n) is 11.7. The van der Waals surface area contributed by atoms with Crippen molar-refractivity contribution in [3.8, 4) is 0 Å². The zero-order valence-corrected chi connectivity index (χ0v) is 13.3. The van der Waals surface area contributed by atoms with Crippen LogP contribution in [0.5, 0.6) is 0 Å². The quantitative estimate of drug-likeness (QED) is 0.796. The molecule has 21 heavy (non-hydrogen) atoms. The minimum Gasteiger partial charge on any atom is -0.469 e. The van der Waals surface area contributed by atoms with Gasteiger partial charge in [0.25, 0.3) is 0 Å². The lowest BCUT2D eigenvalue weighted by atomic mass is 10.1. The lowest BCUT2D eigenvalue weighted by Crippen LogP contribution is -2.30. The Morgan fingerprint density at radius 1 is 1.24 bits per heavy atom. The fourth-order valence-electron chi connectivity index (χ4n) is 1.92. The summed E-state index contributed by atoms with van der Waals surface area (Å²) >= 11 is 3.16. The summed E-state index contributed by atoms with van der Waals surface area (Å²) < 4.78 is 4.70. The number of carbonyl (C=O) groups is 2. The summed E-state index contributed by atoms with van der Waals surface area (Å²) in [5, 5.41) is 6.85. The molecule has 0 bridgehead atoms. The first-order chi connectivity index (χ1) is 10.2. The Bertz CT molecular complexity index is 564. The van der Waals surface area contributed by atoms with Crippen LogP contribution in [0, 0.1) is 0 Å². The molecule has 1 atom stereocenters. The Hall–Kier alpha value is -1.66. The molecule has 2 rings (SSSR count). The first kappa shape index (κ1) is 15.7. The second-order valence-electron chi connectivity index (χ2n) is 4.50. The van der Waals surface area contributed by atoms with E-state index >= 15 is 0 Å². The molecule has 2 aromatic heterocycles. The predicted molar refractivity (Wildman–Crippen MR) is 84.5 cm³/mol. The van der Waals surface area contributed by atoms with E-state index in [2.05, 4.69) is 5.32 Å². The van der Waals surface area contributed by atoms with E-state index in [4.69, 9.17) is 4.74 Å². The summed E-state index contributed by atoms with van der Waals surface area (Å²) in [6.07, 6.45) is 1.30. The summed E-state index contributed by atoms with van der Waals surface area (Å²) in [5.41, 5.74) is 0. The van der Waals surface area contributed by atoms with E-state index < -0.39 is 0 Å². The molecule has 0 saturated carbocycles. The van der Waals surface area contributed by atoms with Crippen molar-refractivity contribution < 1.29 is 14.3 Å². The maximum absolute atomic E-state index is 12.1. The number of carbonyl (C=O) groups excluding carboxylic acids is 2. The average Bonchev–Trinajstić information content (AvgIpc) is 3.17. The van der Waals surface area contributed by atoms with Gasteiger partial charge in [-0.05, 0) is 29.3 Å². The van der Waals surface area contributed by atoms with Crippen LogP contribution in [0.25, 0.3) is 0 Å². The standard InChI is InChI=1S/C15H17NO3S2/c1-19-15(18)10-12(13-5-3-9-21-13)16-14(17)7-6-11-4-2-8-20-11/h2-5,8-9,12H,6-7,10H2,1H3,(H,16,17). The fourth-order valence-corrected chi connectivity index (χ4v) is 3.41. The van der Waals surface area contributed by atoms with Gasteiger partial charge < -0.3 is 10.1 Å². The molecule has 0 aliphatic rings. The Labute approximate surface area is 131 Å². The second-order valence-corrected chi connectivity index (χ2v) is 6.51. The lowest BCUT2D eigenvalue weighted by molar-refractivity contribution is -0.141. The number of nitrogens with one attached hydrogen (secondary N) is 1. The highest BCUT2D eigenvalue weighted by Gasteiger charge is 2.19. The molecule has 1 N–H and O–H groups in total. The van der Waals surface area contributed by atoms with Gasteiger partial charge >= 0.3 is 5.97 Å². The number of esters is 1. The normalized spacial score (nSPS) is 11.9. The molecule has 6 heteroatoms. The summed E-state index contributed by atoms with van der Waals surface area (Å²) in [5.74, 6) is -0.377. The number of methoxy groups -OCH3 is 1. The van der Waals surface area contributed by atoms with E-state index in [9.17, 15) is 9.59 Å². The van der Waals surface area contributed by atoms with Gasteiger partial charge in [0.15, 0.2) is 0 Å². The van der Waals surface area contributed by atoms with Crippen molar-refractivity contribution in [3.05, 3.63) is 44.8 Å². The van der Waals surface area contributed by atoms with Crippen molar-refractivity contribution in [2.75, 3.05) is 7.11 Å². The molecule has 2 aromatic rings. The van der Waals surface area contributed by atoms with Gasteiger partial charge in [-0.3, -0.25) is 9.59 Å². The molecule has 0 spiro atoms. The Balaban J connectivity index is 1.91. The molecule has 0 aromatic carbocycles. The number of rotatable bonds is 7. The van der Waals surface area contributed by atoms with Crippen LogP contribution in [-0.4, -0.2) is 19.0 Å². The minimum atomic E-state index is -0.327. The molecule has 1 unspecified atom stereocenters.